The zero-order chi connectivity index (χ0) is 22.5. The van der Waals surface area contributed by atoms with E-state index in [-0.39, 0.29) is 13.0 Å². The molecule has 162 valence electrons. The van der Waals surface area contributed by atoms with Crippen LogP contribution in [-0.4, -0.2) is 35.7 Å². The lowest BCUT2D eigenvalue weighted by molar-refractivity contribution is -0.189. The fraction of sp³-hybridized carbons (Fsp3) is 0.591. The van der Waals surface area contributed by atoms with Crippen molar-refractivity contribution in [3.05, 3.63) is 34.9 Å². The van der Waals surface area contributed by atoms with Crippen LogP contribution in [0.15, 0.2) is 24.3 Å². The lowest BCUT2D eigenvalue weighted by atomic mass is 9.78. The molecule has 0 spiro atoms. The number of carbonyl (C=O) groups excluding carboxylic acids is 3. The molecule has 0 fully saturated rings. The summed E-state index contributed by atoms with van der Waals surface area (Å²) in [5.41, 5.74) is -2.98. The Morgan fingerprint density at radius 2 is 1.31 bits per heavy atom. The number of rotatable bonds is 7. The Morgan fingerprint density at radius 1 is 0.862 bits per heavy atom. The molecule has 0 N–H and O–H groups in total. The summed E-state index contributed by atoms with van der Waals surface area (Å²) in [6.07, 6.45) is -0.583. The Morgan fingerprint density at radius 3 is 1.69 bits per heavy atom. The number of carbonyl (C=O) groups is 3. The van der Waals surface area contributed by atoms with Crippen molar-refractivity contribution in [1.29, 1.82) is 0 Å². The number of ether oxygens (including phenoxy) is 3. The van der Waals surface area contributed by atoms with Crippen molar-refractivity contribution in [2.75, 3.05) is 6.61 Å². The van der Waals surface area contributed by atoms with Crippen LogP contribution in [0.2, 0.25) is 5.02 Å². The molecule has 0 atom stereocenters. The van der Waals surface area contributed by atoms with Crippen LogP contribution in [0, 0.1) is 5.41 Å². The number of hydrogen-bond donors (Lipinski definition) is 0. The first-order chi connectivity index (χ1) is 13.2. The first-order valence-electron chi connectivity index (χ1n) is 9.55. The van der Waals surface area contributed by atoms with E-state index in [1.165, 1.54) is 0 Å². The maximum atomic E-state index is 13.3. The molecular formula is C22H31ClO6. The molecule has 0 aliphatic heterocycles. The summed E-state index contributed by atoms with van der Waals surface area (Å²) in [7, 11) is 0. The molecule has 0 saturated carbocycles. The van der Waals surface area contributed by atoms with E-state index in [0.29, 0.717) is 10.6 Å². The van der Waals surface area contributed by atoms with Crippen LogP contribution in [0.4, 0.5) is 0 Å². The van der Waals surface area contributed by atoms with Gasteiger partial charge in [0.05, 0.1) is 13.0 Å². The van der Waals surface area contributed by atoms with Crippen LogP contribution in [0.1, 0.15) is 60.5 Å². The van der Waals surface area contributed by atoms with Crippen molar-refractivity contribution in [3.63, 3.8) is 0 Å². The lowest BCUT2D eigenvalue weighted by Crippen LogP contribution is -2.49. The average Bonchev–Trinajstić information content (AvgIpc) is 2.53. The second kappa shape index (κ2) is 9.61. The highest BCUT2D eigenvalue weighted by Gasteiger charge is 2.53. The highest BCUT2D eigenvalue weighted by atomic mass is 35.5. The fourth-order valence-corrected chi connectivity index (χ4v) is 2.72. The smallest absolute Gasteiger partial charge is 0.324 e. The molecular weight excluding hydrogens is 396 g/mol. The van der Waals surface area contributed by atoms with Gasteiger partial charge in [0.25, 0.3) is 0 Å². The van der Waals surface area contributed by atoms with Gasteiger partial charge in [-0.05, 0) is 72.6 Å². The normalized spacial score (nSPS) is 12.3. The van der Waals surface area contributed by atoms with Crippen LogP contribution in [0.25, 0.3) is 0 Å². The molecule has 6 nitrogen and oxygen atoms in total. The second-order valence-corrected chi connectivity index (χ2v) is 9.31. The summed E-state index contributed by atoms with van der Waals surface area (Å²) in [5, 5.41) is 0.513. The summed E-state index contributed by atoms with van der Waals surface area (Å²) in [5.74, 6) is -2.34. The Bertz CT molecular complexity index is 697. The summed E-state index contributed by atoms with van der Waals surface area (Å²) < 4.78 is 16.1. The third-order valence-electron chi connectivity index (χ3n) is 3.75. The molecule has 1 rings (SSSR count). The summed E-state index contributed by atoms with van der Waals surface area (Å²) in [4.78, 5) is 38.9. The predicted octanol–water partition coefficient (Wildman–Crippen LogP) is 4.51. The Kier molecular flexibility index (Phi) is 8.27. The third-order valence-corrected chi connectivity index (χ3v) is 4.00. The first-order valence-corrected chi connectivity index (χ1v) is 9.93. The molecule has 0 radical (unpaired) electrons. The van der Waals surface area contributed by atoms with E-state index in [2.05, 4.69) is 0 Å². The second-order valence-electron chi connectivity index (χ2n) is 8.87. The molecule has 0 aliphatic carbocycles. The minimum absolute atomic E-state index is 0.0905. The van der Waals surface area contributed by atoms with Crippen LogP contribution in [-0.2, 0) is 35.0 Å². The third kappa shape index (κ3) is 8.05. The van der Waals surface area contributed by atoms with E-state index in [4.69, 9.17) is 25.8 Å². The van der Waals surface area contributed by atoms with Gasteiger partial charge in [0.15, 0.2) is 5.41 Å². The van der Waals surface area contributed by atoms with Gasteiger partial charge in [0.2, 0.25) is 0 Å². The highest BCUT2D eigenvalue weighted by molar-refractivity contribution is 6.30. The molecule has 0 bridgehead atoms. The summed E-state index contributed by atoms with van der Waals surface area (Å²) in [6, 6.07) is 6.68. The molecule has 0 amide bonds. The van der Waals surface area contributed by atoms with Crippen molar-refractivity contribution in [1.82, 2.24) is 0 Å². The van der Waals surface area contributed by atoms with E-state index < -0.39 is 40.9 Å². The van der Waals surface area contributed by atoms with Crippen LogP contribution < -0.4 is 0 Å². The van der Waals surface area contributed by atoms with Gasteiger partial charge >= 0.3 is 17.9 Å². The number of hydrogen-bond acceptors (Lipinski definition) is 6. The summed E-state index contributed by atoms with van der Waals surface area (Å²) in [6.45, 7) is 11.9. The minimum atomic E-state index is -1.89. The molecule has 1 aromatic rings. The van der Waals surface area contributed by atoms with Gasteiger partial charge in [-0.25, -0.2) is 0 Å². The van der Waals surface area contributed by atoms with Crippen molar-refractivity contribution in [2.24, 2.45) is 5.41 Å². The number of halogens is 1. The molecule has 0 saturated heterocycles. The zero-order valence-electron chi connectivity index (χ0n) is 18.3. The van der Waals surface area contributed by atoms with Gasteiger partial charge in [0.1, 0.15) is 11.2 Å². The molecule has 0 aromatic heterocycles. The van der Waals surface area contributed by atoms with E-state index >= 15 is 0 Å². The van der Waals surface area contributed by atoms with Gasteiger partial charge in [0, 0.05) is 5.02 Å². The summed E-state index contributed by atoms with van der Waals surface area (Å²) >= 11 is 5.95. The maximum Gasteiger partial charge on any atom is 0.324 e. The van der Waals surface area contributed by atoms with E-state index in [9.17, 15) is 14.4 Å². The van der Waals surface area contributed by atoms with Crippen LogP contribution in [0.3, 0.4) is 0 Å². The number of benzene rings is 1. The zero-order valence-corrected chi connectivity index (χ0v) is 19.0. The first kappa shape index (κ1) is 25.0. The fourth-order valence-electron chi connectivity index (χ4n) is 2.60. The topological polar surface area (TPSA) is 78.9 Å². The average molecular weight is 427 g/mol. The molecule has 0 aliphatic rings. The quantitative estimate of drug-likeness (QED) is 0.362. The molecule has 7 heteroatoms. The van der Waals surface area contributed by atoms with Gasteiger partial charge in [-0.2, -0.15) is 0 Å². The SMILES string of the molecule is CCOC(=O)CC(Cc1ccc(Cl)cc1)(C(=O)OC(C)(C)C)C(=O)OC(C)(C)C. The van der Waals surface area contributed by atoms with E-state index in [1.807, 2.05) is 0 Å². The molecule has 1 aromatic carbocycles. The van der Waals surface area contributed by atoms with Crippen molar-refractivity contribution in [3.8, 4) is 0 Å². The van der Waals surface area contributed by atoms with E-state index in [0.717, 1.165) is 0 Å². The Hall–Kier alpha value is -2.08. The van der Waals surface area contributed by atoms with Gasteiger partial charge in [-0.15, -0.1) is 0 Å². The van der Waals surface area contributed by atoms with Gasteiger partial charge in [-0.3, -0.25) is 14.4 Å². The molecule has 29 heavy (non-hydrogen) atoms. The standard InChI is InChI=1S/C22H31ClO6/c1-8-27-17(24)14-22(18(25)28-20(2,3)4,19(26)29-21(5,6)7)13-15-9-11-16(23)12-10-15/h9-12H,8,13-14H2,1-7H3. The predicted molar refractivity (Wildman–Crippen MR) is 111 cm³/mol. The number of esters is 3. The maximum absolute atomic E-state index is 13.3. The van der Waals surface area contributed by atoms with E-state index in [1.54, 1.807) is 72.7 Å². The van der Waals surface area contributed by atoms with Crippen molar-refractivity contribution >= 4 is 29.5 Å². The Balaban J connectivity index is 3.50. The lowest BCUT2D eigenvalue weighted by Gasteiger charge is -2.34. The van der Waals surface area contributed by atoms with Crippen molar-refractivity contribution < 1.29 is 28.6 Å². The molecule has 0 heterocycles. The monoisotopic (exact) mass is 426 g/mol. The Labute approximate surface area is 177 Å². The van der Waals surface area contributed by atoms with Crippen LogP contribution >= 0.6 is 11.6 Å². The molecule has 0 unspecified atom stereocenters. The largest absolute Gasteiger partial charge is 0.466 e. The highest BCUT2D eigenvalue weighted by Crippen LogP contribution is 2.35. The van der Waals surface area contributed by atoms with Crippen LogP contribution in [0.5, 0.6) is 0 Å². The van der Waals surface area contributed by atoms with Gasteiger partial charge in [-0.1, -0.05) is 23.7 Å². The van der Waals surface area contributed by atoms with Crippen molar-refractivity contribution in [2.45, 2.75) is 72.5 Å². The minimum Gasteiger partial charge on any atom is -0.466 e. The van der Waals surface area contributed by atoms with Gasteiger partial charge < -0.3 is 14.2 Å².